The van der Waals surface area contributed by atoms with E-state index in [2.05, 4.69) is 6.07 Å². The van der Waals surface area contributed by atoms with Gasteiger partial charge in [0.15, 0.2) is 0 Å². The Hall–Kier alpha value is -0.890. The zero-order valence-corrected chi connectivity index (χ0v) is 10.9. The molecule has 2 aliphatic rings. The van der Waals surface area contributed by atoms with Crippen LogP contribution in [0.5, 0.6) is 0 Å². The highest BCUT2D eigenvalue weighted by atomic mass is 32.2. The number of nitriles is 1. The summed E-state index contributed by atoms with van der Waals surface area (Å²) >= 11 is 0. The van der Waals surface area contributed by atoms with Crippen LogP contribution in [0.3, 0.4) is 0 Å². The minimum Gasteiger partial charge on any atom is -0.340 e. The normalized spacial score (nSPS) is 31.4. The molecule has 0 bridgehead atoms. The molecule has 1 heterocycles. The molecule has 94 valence electrons. The second-order valence-electron chi connectivity index (χ2n) is 5.05. The molecule has 17 heavy (non-hydrogen) atoms. The van der Waals surface area contributed by atoms with E-state index in [-0.39, 0.29) is 23.0 Å². The second-order valence-corrected chi connectivity index (χ2v) is 6.72. The molecule has 0 aromatic heterocycles. The van der Waals surface area contributed by atoms with Gasteiger partial charge in [0.25, 0.3) is 0 Å². The third-order valence-corrected chi connectivity index (χ3v) is 5.07. The molecule has 0 radical (unpaired) electrons. The fraction of sp³-hybridized carbons (Fsp3) is 0.833. The largest absolute Gasteiger partial charge is 0.340 e. The van der Waals surface area contributed by atoms with Gasteiger partial charge >= 0.3 is 0 Å². The number of rotatable bonds is 2. The summed E-state index contributed by atoms with van der Waals surface area (Å²) in [4.78, 5) is 13.9. The lowest BCUT2D eigenvalue weighted by molar-refractivity contribution is -0.140. The first kappa shape index (κ1) is 12.6. The summed E-state index contributed by atoms with van der Waals surface area (Å²) in [5, 5.41) is 9.06. The molecule has 1 aliphatic heterocycles. The van der Waals surface area contributed by atoms with E-state index in [9.17, 15) is 9.00 Å². The van der Waals surface area contributed by atoms with E-state index in [4.69, 9.17) is 5.26 Å². The summed E-state index contributed by atoms with van der Waals surface area (Å²) in [5.41, 5.74) is 0. The molecular weight excluding hydrogens is 236 g/mol. The molecule has 3 atom stereocenters. The molecule has 1 saturated heterocycles. The van der Waals surface area contributed by atoms with Gasteiger partial charge in [0.2, 0.25) is 5.91 Å². The fourth-order valence-electron chi connectivity index (χ4n) is 2.62. The molecular formula is C12H18N2O2S. The SMILES string of the molecule is CS(=O)C1CN(C(=O)[C@@H]2CCCC(C#N)C2)C1. The average molecular weight is 254 g/mol. The number of hydrogen-bond donors (Lipinski definition) is 0. The lowest BCUT2D eigenvalue weighted by atomic mass is 9.81. The Morgan fingerprint density at radius 3 is 2.71 bits per heavy atom. The summed E-state index contributed by atoms with van der Waals surface area (Å²) < 4.78 is 11.2. The van der Waals surface area contributed by atoms with Crippen molar-refractivity contribution in [3.05, 3.63) is 0 Å². The molecule has 0 aromatic rings. The van der Waals surface area contributed by atoms with E-state index in [0.717, 1.165) is 19.3 Å². The Morgan fingerprint density at radius 2 is 2.12 bits per heavy atom. The molecule has 2 fully saturated rings. The molecule has 0 aromatic carbocycles. The third kappa shape index (κ3) is 2.68. The van der Waals surface area contributed by atoms with Gasteiger partial charge in [0.1, 0.15) is 0 Å². The van der Waals surface area contributed by atoms with Crippen molar-refractivity contribution in [1.82, 2.24) is 4.90 Å². The standard InChI is InChI=1S/C12H18N2O2S/c1-17(16)11-7-14(8-11)12(15)10-4-2-3-9(5-10)6-13/h9-11H,2-5,7-8H2,1H3/t9?,10-,17?/m1/s1. The van der Waals surface area contributed by atoms with Gasteiger partial charge in [-0.2, -0.15) is 5.26 Å². The highest BCUT2D eigenvalue weighted by Gasteiger charge is 2.37. The molecule has 0 spiro atoms. The van der Waals surface area contributed by atoms with E-state index < -0.39 is 10.8 Å². The van der Waals surface area contributed by atoms with E-state index in [1.165, 1.54) is 0 Å². The maximum atomic E-state index is 12.1. The van der Waals surface area contributed by atoms with Gasteiger partial charge in [0.05, 0.1) is 11.3 Å². The molecule has 1 aliphatic carbocycles. The zero-order chi connectivity index (χ0) is 12.4. The van der Waals surface area contributed by atoms with E-state index in [1.54, 1.807) is 11.2 Å². The maximum Gasteiger partial charge on any atom is 0.225 e. The van der Waals surface area contributed by atoms with E-state index in [0.29, 0.717) is 19.5 Å². The minimum absolute atomic E-state index is 0.0274. The summed E-state index contributed by atoms with van der Waals surface area (Å²) in [7, 11) is -0.821. The van der Waals surface area contributed by atoms with Crippen molar-refractivity contribution in [3.8, 4) is 6.07 Å². The Bertz CT molecular complexity index is 371. The average Bonchev–Trinajstić information content (AvgIpc) is 2.26. The summed E-state index contributed by atoms with van der Waals surface area (Å²) in [6.45, 7) is 1.27. The van der Waals surface area contributed by atoms with Crippen molar-refractivity contribution in [3.63, 3.8) is 0 Å². The Kier molecular flexibility index (Phi) is 3.82. The van der Waals surface area contributed by atoms with Crippen LogP contribution in [-0.4, -0.2) is 39.6 Å². The van der Waals surface area contributed by atoms with Gasteiger partial charge in [-0.25, -0.2) is 0 Å². The lowest BCUT2D eigenvalue weighted by Crippen LogP contribution is -2.57. The lowest BCUT2D eigenvalue weighted by Gasteiger charge is -2.40. The molecule has 2 unspecified atom stereocenters. The molecule has 0 N–H and O–H groups in total. The van der Waals surface area contributed by atoms with Crippen LogP contribution < -0.4 is 0 Å². The molecule has 4 nitrogen and oxygen atoms in total. The Labute approximate surface area is 104 Å². The summed E-state index contributed by atoms with van der Waals surface area (Å²) in [6, 6.07) is 2.27. The number of amides is 1. The smallest absolute Gasteiger partial charge is 0.225 e. The fourth-order valence-corrected chi connectivity index (χ4v) is 3.40. The van der Waals surface area contributed by atoms with Crippen molar-refractivity contribution in [2.45, 2.75) is 30.9 Å². The first-order valence-corrected chi connectivity index (χ1v) is 7.74. The van der Waals surface area contributed by atoms with Crippen molar-refractivity contribution in [1.29, 1.82) is 5.26 Å². The van der Waals surface area contributed by atoms with E-state index in [1.807, 2.05) is 0 Å². The number of likely N-dealkylation sites (tertiary alicyclic amines) is 1. The number of carbonyl (C=O) groups is 1. The van der Waals surface area contributed by atoms with Gasteiger partial charge in [-0.15, -0.1) is 0 Å². The van der Waals surface area contributed by atoms with Crippen molar-refractivity contribution >= 4 is 16.7 Å². The first-order valence-electron chi connectivity index (χ1n) is 6.12. The monoisotopic (exact) mass is 254 g/mol. The number of nitrogens with zero attached hydrogens (tertiary/aromatic N) is 2. The maximum absolute atomic E-state index is 12.1. The van der Waals surface area contributed by atoms with Gasteiger partial charge in [-0.3, -0.25) is 9.00 Å². The van der Waals surface area contributed by atoms with Crippen LogP contribution in [-0.2, 0) is 15.6 Å². The highest BCUT2D eigenvalue weighted by Crippen LogP contribution is 2.31. The van der Waals surface area contributed by atoms with Crippen LogP contribution >= 0.6 is 0 Å². The quantitative estimate of drug-likeness (QED) is 0.735. The predicted molar refractivity (Wildman–Crippen MR) is 65.5 cm³/mol. The van der Waals surface area contributed by atoms with Crippen LogP contribution in [0.1, 0.15) is 25.7 Å². The summed E-state index contributed by atoms with van der Waals surface area (Å²) in [6.07, 6.45) is 5.23. The van der Waals surface area contributed by atoms with Gasteiger partial charge < -0.3 is 4.90 Å². The molecule has 5 heteroatoms. The van der Waals surface area contributed by atoms with Gasteiger partial charge in [-0.1, -0.05) is 6.42 Å². The highest BCUT2D eigenvalue weighted by molar-refractivity contribution is 7.85. The molecule has 1 saturated carbocycles. The van der Waals surface area contributed by atoms with Crippen molar-refractivity contribution in [2.24, 2.45) is 11.8 Å². The molecule has 1 amide bonds. The Balaban J connectivity index is 1.85. The van der Waals surface area contributed by atoms with Gasteiger partial charge in [-0.05, 0) is 19.3 Å². The predicted octanol–water partition coefficient (Wildman–Crippen LogP) is 0.906. The van der Waals surface area contributed by atoms with Crippen LogP contribution in [0.2, 0.25) is 0 Å². The van der Waals surface area contributed by atoms with Crippen LogP contribution in [0.4, 0.5) is 0 Å². The van der Waals surface area contributed by atoms with E-state index >= 15 is 0 Å². The van der Waals surface area contributed by atoms with Crippen molar-refractivity contribution < 1.29 is 9.00 Å². The van der Waals surface area contributed by atoms with Crippen molar-refractivity contribution in [2.75, 3.05) is 19.3 Å². The number of hydrogen-bond acceptors (Lipinski definition) is 3. The van der Waals surface area contributed by atoms with Crippen LogP contribution in [0.25, 0.3) is 0 Å². The van der Waals surface area contributed by atoms with Crippen LogP contribution in [0, 0.1) is 23.2 Å². The first-order chi connectivity index (χ1) is 8.11. The van der Waals surface area contributed by atoms with Gasteiger partial charge in [0, 0.05) is 42.0 Å². The third-order valence-electron chi connectivity index (χ3n) is 3.84. The topological polar surface area (TPSA) is 61.2 Å². The minimum atomic E-state index is -0.821. The number of carbonyl (C=O) groups excluding carboxylic acids is 1. The van der Waals surface area contributed by atoms with Crippen LogP contribution in [0.15, 0.2) is 0 Å². The zero-order valence-electron chi connectivity index (χ0n) is 10.1. The second kappa shape index (κ2) is 5.18. The Morgan fingerprint density at radius 1 is 1.41 bits per heavy atom. The molecule has 2 rings (SSSR count). The summed E-state index contributed by atoms with van der Waals surface area (Å²) in [5.74, 6) is 0.251.